The molecule has 0 saturated heterocycles. The number of benzene rings is 2. The number of phenolic OH excluding ortho intramolecular Hbond substituents is 1. The van der Waals surface area contributed by atoms with Crippen molar-refractivity contribution < 1.29 is 33.8 Å². The maximum Gasteiger partial charge on any atom is 0.310 e. The maximum absolute atomic E-state index is 13.2. The van der Waals surface area contributed by atoms with Crippen molar-refractivity contribution in [1.82, 2.24) is 0 Å². The SMILES string of the molecule is COc1cccc2c1C(=O)c1c(cc(CC(=O)OC(C)(C)C)c(C(C)=O)c1O)C2=O. The Labute approximate surface area is 173 Å². The van der Waals surface area contributed by atoms with Crippen LogP contribution in [0.3, 0.4) is 0 Å². The number of Topliss-reactive ketones (excluding diaryl/α,β-unsaturated/α-hetero) is 1. The first-order valence-corrected chi connectivity index (χ1v) is 9.34. The minimum Gasteiger partial charge on any atom is -0.506 e. The normalized spacial score (nSPS) is 12.8. The van der Waals surface area contributed by atoms with Gasteiger partial charge in [0.25, 0.3) is 0 Å². The van der Waals surface area contributed by atoms with Crippen LogP contribution in [0.25, 0.3) is 0 Å². The minimum absolute atomic E-state index is 0.0298. The van der Waals surface area contributed by atoms with Gasteiger partial charge in [0.1, 0.15) is 17.1 Å². The number of ketones is 3. The van der Waals surface area contributed by atoms with Crippen LogP contribution in [0.5, 0.6) is 11.5 Å². The van der Waals surface area contributed by atoms with Gasteiger partial charge in [-0.3, -0.25) is 19.2 Å². The number of esters is 1. The number of aromatic hydroxyl groups is 1. The third-order valence-corrected chi connectivity index (χ3v) is 4.68. The largest absolute Gasteiger partial charge is 0.506 e. The zero-order valence-corrected chi connectivity index (χ0v) is 17.4. The molecule has 2 aromatic rings. The first kappa shape index (κ1) is 21.2. The van der Waals surface area contributed by atoms with E-state index in [-0.39, 0.29) is 45.6 Å². The molecule has 7 nitrogen and oxygen atoms in total. The van der Waals surface area contributed by atoms with E-state index in [0.29, 0.717) is 0 Å². The van der Waals surface area contributed by atoms with Crippen molar-refractivity contribution in [3.8, 4) is 11.5 Å². The fourth-order valence-corrected chi connectivity index (χ4v) is 3.59. The zero-order chi connectivity index (χ0) is 22.4. The van der Waals surface area contributed by atoms with Crippen LogP contribution in [-0.4, -0.2) is 41.1 Å². The molecule has 1 aliphatic carbocycles. The highest BCUT2D eigenvalue weighted by Gasteiger charge is 2.37. The Balaban J connectivity index is 2.21. The summed E-state index contributed by atoms with van der Waals surface area (Å²) in [5, 5.41) is 10.8. The maximum atomic E-state index is 13.2. The van der Waals surface area contributed by atoms with Crippen molar-refractivity contribution in [2.24, 2.45) is 0 Å². The van der Waals surface area contributed by atoms with E-state index < -0.39 is 34.7 Å². The van der Waals surface area contributed by atoms with Crippen LogP contribution in [0.4, 0.5) is 0 Å². The van der Waals surface area contributed by atoms with Crippen molar-refractivity contribution in [1.29, 1.82) is 0 Å². The lowest BCUT2D eigenvalue weighted by Gasteiger charge is -2.23. The van der Waals surface area contributed by atoms with Gasteiger partial charge in [-0.1, -0.05) is 12.1 Å². The molecule has 0 aliphatic heterocycles. The monoisotopic (exact) mass is 410 g/mol. The van der Waals surface area contributed by atoms with Gasteiger partial charge in [0.05, 0.1) is 30.2 Å². The van der Waals surface area contributed by atoms with E-state index in [1.165, 1.54) is 32.2 Å². The van der Waals surface area contributed by atoms with Gasteiger partial charge in [-0.15, -0.1) is 0 Å². The Morgan fingerprint density at radius 1 is 1.03 bits per heavy atom. The fraction of sp³-hybridized carbons (Fsp3) is 0.304. The van der Waals surface area contributed by atoms with E-state index in [4.69, 9.17) is 9.47 Å². The molecule has 0 spiro atoms. The molecule has 156 valence electrons. The van der Waals surface area contributed by atoms with Gasteiger partial charge < -0.3 is 14.6 Å². The van der Waals surface area contributed by atoms with E-state index >= 15 is 0 Å². The lowest BCUT2D eigenvalue weighted by atomic mass is 9.80. The molecule has 0 bridgehead atoms. The number of phenols is 1. The average Bonchev–Trinajstić information content (AvgIpc) is 2.63. The first-order valence-electron chi connectivity index (χ1n) is 9.34. The number of ether oxygens (including phenoxy) is 2. The van der Waals surface area contributed by atoms with Crippen LogP contribution in [0.1, 0.15) is 75.5 Å². The number of carbonyl (C=O) groups is 4. The lowest BCUT2D eigenvalue weighted by molar-refractivity contribution is -0.153. The summed E-state index contributed by atoms with van der Waals surface area (Å²) in [5.74, 6) is -2.72. The molecule has 2 aromatic carbocycles. The topological polar surface area (TPSA) is 107 Å². The van der Waals surface area contributed by atoms with Crippen molar-refractivity contribution in [3.05, 3.63) is 57.6 Å². The Morgan fingerprint density at radius 3 is 2.27 bits per heavy atom. The molecule has 1 N–H and O–H groups in total. The van der Waals surface area contributed by atoms with Crippen molar-refractivity contribution in [2.45, 2.75) is 39.7 Å². The summed E-state index contributed by atoms with van der Waals surface area (Å²) in [6.07, 6.45) is -0.334. The summed E-state index contributed by atoms with van der Waals surface area (Å²) in [7, 11) is 1.37. The molecule has 0 fully saturated rings. The van der Waals surface area contributed by atoms with Crippen LogP contribution in [-0.2, 0) is 16.0 Å². The van der Waals surface area contributed by atoms with E-state index in [1.54, 1.807) is 26.8 Å². The number of hydrogen-bond donors (Lipinski definition) is 1. The molecule has 0 unspecified atom stereocenters. The number of rotatable bonds is 4. The summed E-state index contributed by atoms with van der Waals surface area (Å²) in [5.41, 5.74) is -0.978. The third-order valence-electron chi connectivity index (χ3n) is 4.68. The van der Waals surface area contributed by atoms with Crippen molar-refractivity contribution >= 4 is 23.3 Å². The Kier molecular flexibility index (Phi) is 5.24. The van der Waals surface area contributed by atoms with E-state index in [1.807, 2.05) is 0 Å². The second-order valence-corrected chi connectivity index (χ2v) is 8.04. The van der Waals surface area contributed by atoms with E-state index in [2.05, 4.69) is 0 Å². The molecule has 1 aliphatic rings. The first-order chi connectivity index (χ1) is 14.0. The number of methoxy groups -OCH3 is 1. The molecule has 0 heterocycles. The predicted octanol–water partition coefficient (Wildman–Crippen LogP) is 3.26. The number of fused-ring (bicyclic) bond motifs is 2. The molecule has 0 saturated carbocycles. The highest BCUT2D eigenvalue weighted by Crippen LogP contribution is 2.40. The smallest absolute Gasteiger partial charge is 0.310 e. The van der Waals surface area contributed by atoms with Gasteiger partial charge in [-0.05, 0) is 45.4 Å². The molecule has 7 heteroatoms. The summed E-state index contributed by atoms with van der Waals surface area (Å²) in [4.78, 5) is 50.8. The van der Waals surface area contributed by atoms with Crippen LogP contribution >= 0.6 is 0 Å². The van der Waals surface area contributed by atoms with Gasteiger partial charge in [0.15, 0.2) is 11.6 Å². The standard InChI is InChI=1S/C23H22O7/c1-11(24)17-12(10-16(25)30-23(2,3)4)9-14-19(21(17)27)22(28)18-13(20(14)26)7-6-8-15(18)29-5/h6-9,27H,10H2,1-5H3. The van der Waals surface area contributed by atoms with Gasteiger partial charge in [0.2, 0.25) is 5.78 Å². The molecule has 0 amide bonds. The molecule has 30 heavy (non-hydrogen) atoms. The average molecular weight is 410 g/mol. The summed E-state index contributed by atoms with van der Waals surface area (Å²) < 4.78 is 10.5. The molecular weight excluding hydrogens is 388 g/mol. The Bertz CT molecular complexity index is 1100. The van der Waals surface area contributed by atoms with Crippen LogP contribution in [0, 0.1) is 0 Å². The predicted molar refractivity (Wildman–Crippen MR) is 108 cm³/mol. The quantitative estimate of drug-likeness (QED) is 0.520. The van der Waals surface area contributed by atoms with Crippen molar-refractivity contribution in [3.63, 3.8) is 0 Å². The Morgan fingerprint density at radius 2 is 1.70 bits per heavy atom. The third kappa shape index (κ3) is 3.58. The fourth-order valence-electron chi connectivity index (χ4n) is 3.59. The minimum atomic E-state index is -0.745. The Hall–Kier alpha value is -3.48. The summed E-state index contributed by atoms with van der Waals surface area (Å²) >= 11 is 0. The highest BCUT2D eigenvalue weighted by molar-refractivity contribution is 6.31. The second-order valence-electron chi connectivity index (χ2n) is 8.04. The molecule has 3 rings (SSSR count). The van der Waals surface area contributed by atoms with Gasteiger partial charge in [-0.2, -0.15) is 0 Å². The molecule has 0 aromatic heterocycles. The number of hydrogen-bond acceptors (Lipinski definition) is 7. The molecule has 0 atom stereocenters. The molecule has 0 radical (unpaired) electrons. The zero-order valence-electron chi connectivity index (χ0n) is 17.4. The summed E-state index contributed by atoms with van der Waals surface area (Å²) in [6, 6.07) is 5.93. The molecular formula is C23H22O7. The van der Waals surface area contributed by atoms with E-state index in [9.17, 15) is 24.3 Å². The van der Waals surface area contributed by atoms with Crippen LogP contribution in [0.15, 0.2) is 24.3 Å². The van der Waals surface area contributed by atoms with Crippen LogP contribution < -0.4 is 4.74 Å². The highest BCUT2D eigenvalue weighted by atomic mass is 16.6. The summed E-state index contributed by atoms with van der Waals surface area (Å²) in [6.45, 7) is 6.32. The van der Waals surface area contributed by atoms with Crippen LogP contribution in [0.2, 0.25) is 0 Å². The second kappa shape index (κ2) is 7.40. The van der Waals surface area contributed by atoms with Gasteiger partial charge in [0, 0.05) is 11.1 Å². The van der Waals surface area contributed by atoms with E-state index in [0.717, 1.165) is 0 Å². The number of carbonyl (C=O) groups excluding carboxylic acids is 4. The van der Waals surface area contributed by atoms with Gasteiger partial charge in [-0.25, -0.2) is 0 Å². The van der Waals surface area contributed by atoms with Gasteiger partial charge >= 0.3 is 5.97 Å². The lowest BCUT2D eigenvalue weighted by Crippen LogP contribution is -2.26. The van der Waals surface area contributed by atoms with Crippen molar-refractivity contribution in [2.75, 3.05) is 7.11 Å².